The lowest BCUT2D eigenvalue weighted by atomic mass is 10.2. The predicted octanol–water partition coefficient (Wildman–Crippen LogP) is 1.74. The van der Waals surface area contributed by atoms with Crippen molar-refractivity contribution in [3.8, 4) is 5.75 Å². The minimum Gasteiger partial charge on any atom is -0.489 e. The highest BCUT2D eigenvalue weighted by molar-refractivity contribution is 6.30. The first-order valence-corrected chi connectivity index (χ1v) is 6.60. The summed E-state index contributed by atoms with van der Waals surface area (Å²) in [6, 6.07) is 5.65. The van der Waals surface area contributed by atoms with E-state index in [9.17, 15) is 0 Å². The summed E-state index contributed by atoms with van der Waals surface area (Å²) in [5.74, 6) is 0.859. The van der Waals surface area contributed by atoms with Gasteiger partial charge < -0.3 is 15.2 Å². The number of aliphatic hydroxyl groups excluding tert-OH is 1. The number of halogens is 1. The van der Waals surface area contributed by atoms with Crippen molar-refractivity contribution in [3.05, 3.63) is 41.4 Å². The summed E-state index contributed by atoms with van der Waals surface area (Å²) >= 11 is 5.99. The van der Waals surface area contributed by atoms with Crippen LogP contribution in [0.25, 0.3) is 0 Å². The summed E-state index contributed by atoms with van der Waals surface area (Å²) in [5.41, 5.74) is 1.09. The molecule has 0 aromatic heterocycles. The molecule has 1 rings (SSSR count). The van der Waals surface area contributed by atoms with Crippen molar-refractivity contribution in [3.63, 3.8) is 0 Å². The first-order chi connectivity index (χ1) is 8.77. The second kappa shape index (κ2) is 8.97. The molecule has 0 aliphatic heterocycles. The number of benzene rings is 1. The monoisotopic (exact) mass is 270 g/mol. The van der Waals surface area contributed by atoms with Crippen LogP contribution in [0.5, 0.6) is 5.75 Å². The van der Waals surface area contributed by atoms with Crippen LogP contribution in [-0.4, -0.2) is 24.9 Å². The fourth-order valence-electron chi connectivity index (χ4n) is 1.66. The van der Waals surface area contributed by atoms with Gasteiger partial charge >= 0.3 is 0 Å². The summed E-state index contributed by atoms with van der Waals surface area (Å²) in [6.07, 6.45) is 3.59. The number of rotatable bonds is 9. The SMILES string of the molecule is C=CCOc1ccc(Cl)cc1C[NH2+]CCCCO. The van der Waals surface area contributed by atoms with Crippen LogP contribution >= 0.6 is 11.6 Å². The highest BCUT2D eigenvalue weighted by Crippen LogP contribution is 2.22. The fourth-order valence-corrected chi connectivity index (χ4v) is 1.85. The van der Waals surface area contributed by atoms with Gasteiger partial charge in [0.2, 0.25) is 0 Å². The zero-order valence-corrected chi connectivity index (χ0v) is 11.3. The first kappa shape index (κ1) is 15.0. The summed E-state index contributed by atoms with van der Waals surface area (Å²) in [6.45, 7) is 6.22. The Labute approximate surface area is 113 Å². The third-order valence-corrected chi connectivity index (χ3v) is 2.79. The van der Waals surface area contributed by atoms with Crippen LogP contribution in [0.4, 0.5) is 0 Å². The number of quaternary nitrogens is 1. The van der Waals surface area contributed by atoms with Crippen LogP contribution in [0.15, 0.2) is 30.9 Å². The predicted molar refractivity (Wildman–Crippen MR) is 74.0 cm³/mol. The summed E-state index contributed by atoms with van der Waals surface area (Å²) in [4.78, 5) is 0. The maximum Gasteiger partial charge on any atom is 0.128 e. The van der Waals surface area contributed by atoms with Gasteiger partial charge in [0.25, 0.3) is 0 Å². The molecule has 0 amide bonds. The van der Waals surface area contributed by atoms with E-state index in [0.717, 1.165) is 42.3 Å². The molecule has 3 nitrogen and oxygen atoms in total. The van der Waals surface area contributed by atoms with Crippen molar-refractivity contribution in [2.75, 3.05) is 19.8 Å². The largest absolute Gasteiger partial charge is 0.489 e. The maximum absolute atomic E-state index is 8.70. The van der Waals surface area contributed by atoms with E-state index in [-0.39, 0.29) is 6.61 Å². The van der Waals surface area contributed by atoms with Gasteiger partial charge in [-0.2, -0.15) is 0 Å². The minimum atomic E-state index is 0.263. The lowest BCUT2D eigenvalue weighted by Gasteiger charge is -2.10. The zero-order valence-electron chi connectivity index (χ0n) is 10.6. The molecule has 0 fully saturated rings. The average molecular weight is 271 g/mol. The summed E-state index contributed by atoms with van der Waals surface area (Å²) in [5, 5.41) is 11.6. The standard InChI is InChI=1S/C14H20ClNO2/c1-2-9-18-14-6-5-13(15)10-12(14)11-16-7-3-4-8-17/h2,5-6,10,16-17H,1,3-4,7-9,11H2/p+1. The number of nitrogens with two attached hydrogens (primary N) is 1. The normalized spacial score (nSPS) is 10.3. The van der Waals surface area contributed by atoms with Crippen molar-refractivity contribution in [1.82, 2.24) is 0 Å². The molecule has 0 aliphatic rings. The molecule has 0 aliphatic carbocycles. The van der Waals surface area contributed by atoms with E-state index in [1.54, 1.807) is 6.08 Å². The molecule has 0 radical (unpaired) electrons. The lowest BCUT2D eigenvalue weighted by molar-refractivity contribution is -0.671. The van der Waals surface area contributed by atoms with Gasteiger partial charge in [0.15, 0.2) is 0 Å². The number of aliphatic hydroxyl groups is 1. The molecule has 0 spiro atoms. The Balaban J connectivity index is 2.50. The molecule has 1 aromatic carbocycles. The number of hydrogen-bond acceptors (Lipinski definition) is 2. The third-order valence-electron chi connectivity index (χ3n) is 2.56. The van der Waals surface area contributed by atoms with E-state index >= 15 is 0 Å². The number of unbranched alkanes of at least 4 members (excludes halogenated alkanes) is 1. The van der Waals surface area contributed by atoms with Crippen molar-refractivity contribution < 1.29 is 15.2 Å². The van der Waals surface area contributed by atoms with Gasteiger partial charge in [0.1, 0.15) is 18.9 Å². The van der Waals surface area contributed by atoms with E-state index < -0.39 is 0 Å². The molecule has 4 heteroatoms. The highest BCUT2D eigenvalue weighted by Gasteiger charge is 2.06. The van der Waals surface area contributed by atoms with Gasteiger partial charge in [0, 0.05) is 17.2 Å². The summed E-state index contributed by atoms with van der Waals surface area (Å²) < 4.78 is 5.58. The van der Waals surface area contributed by atoms with Crippen molar-refractivity contribution in [2.24, 2.45) is 0 Å². The second-order valence-corrected chi connectivity index (χ2v) is 4.50. The van der Waals surface area contributed by atoms with Gasteiger partial charge in [-0.05, 0) is 31.0 Å². The Bertz CT molecular complexity index is 369. The van der Waals surface area contributed by atoms with Gasteiger partial charge in [-0.1, -0.05) is 24.3 Å². The van der Waals surface area contributed by atoms with Crippen LogP contribution in [0.3, 0.4) is 0 Å². The van der Waals surface area contributed by atoms with Gasteiger partial charge in [-0.3, -0.25) is 0 Å². The van der Waals surface area contributed by atoms with Gasteiger partial charge in [-0.25, -0.2) is 0 Å². The van der Waals surface area contributed by atoms with E-state index in [2.05, 4.69) is 11.9 Å². The minimum absolute atomic E-state index is 0.263. The van der Waals surface area contributed by atoms with Gasteiger partial charge in [0.05, 0.1) is 6.54 Å². The number of hydrogen-bond donors (Lipinski definition) is 2. The molecular formula is C14H21ClNO2+. The van der Waals surface area contributed by atoms with Crippen LogP contribution in [0, 0.1) is 0 Å². The zero-order chi connectivity index (χ0) is 13.2. The van der Waals surface area contributed by atoms with E-state index in [0.29, 0.717) is 6.61 Å². The molecule has 0 saturated carbocycles. The molecule has 18 heavy (non-hydrogen) atoms. The molecule has 0 unspecified atom stereocenters. The van der Waals surface area contributed by atoms with Crippen LogP contribution in [0.1, 0.15) is 18.4 Å². The smallest absolute Gasteiger partial charge is 0.128 e. The fraction of sp³-hybridized carbons (Fsp3) is 0.429. The molecule has 0 atom stereocenters. The Morgan fingerprint density at radius 2 is 2.22 bits per heavy atom. The van der Waals surface area contributed by atoms with E-state index in [1.807, 2.05) is 18.2 Å². The Morgan fingerprint density at radius 3 is 2.94 bits per heavy atom. The third kappa shape index (κ3) is 5.54. The maximum atomic E-state index is 8.70. The molecule has 100 valence electrons. The van der Waals surface area contributed by atoms with Gasteiger partial charge in [-0.15, -0.1) is 0 Å². The van der Waals surface area contributed by atoms with Crippen molar-refractivity contribution in [1.29, 1.82) is 0 Å². The molecule has 0 heterocycles. The lowest BCUT2D eigenvalue weighted by Crippen LogP contribution is -2.82. The average Bonchev–Trinajstić information content (AvgIpc) is 2.37. The summed E-state index contributed by atoms with van der Waals surface area (Å²) in [7, 11) is 0. The van der Waals surface area contributed by atoms with Crippen LogP contribution < -0.4 is 10.1 Å². The Morgan fingerprint density at radius 1 is 1.39 bits per heavy atom. The molecule has 0 saturated heterocycles. The van der Waals surface area contributed by atoms with Crippen molar-refractivity contribution >= 4 is 11.6 Å². The van der Waals surface area contributed by atoms with Crippen LogP contribution in [-0.2, 0) is 6.54 Å². The van der Waals surface area contributed by atoms with Crippen LogP contribution in [0.2, 0.25) is 5.02 Å². The first-order valence-electron chi connectivity index (χ1n) is 6.22. The second-order valence-electron chi connectivity index (χ2n) is 4.06. The highest BCUT2D eigenvalue weighted by atomic mass is 35.5. The Hall–Kier alpha value is -1.03. The topological polar surface area (TPSA) is 46.1 Å². The van der Waals surface area contributed by atoms with E-state index in [1.165, 1.54) is 0 Å². The van der Waals surface area contributed by atoms with E-state index in [4.69, 9.17) is 21.4 Å². The van der Waals surface area contributed by atoms with Crippen molar-refractivity contribution in [2.45, 2.75) is 19.4 Å². The quantitative estimate of drug-likeness (QED) is 0.530. The molecule has 1 aromatic rings. The Kier molecular flexibility index (Phi) is 7.49. The molecule has 0 bridgehead atoms. The molecular weight excluding hydrogens is 250 g/mol. The molecule has 3 N–H and O–H groups in total. The number of ether oxygens (including phenoxy) is 1.